The van der Waals surface area contributed by atoms with Crippen molar-refractivity contribution in [1.29, 1.82) is 0 Å². The minimum atomic E-state index is 0.0542. The van der Waals surface area contributed by atoms with Crippen LogP contribution in [0.3, 0.4) is 0 Å². The van der Waals surface area contributed by atoms with Crippen molar-refractivity contribution in [2.24, 2.45) is 0 Å². The number of hydrogen-bond donors (Lipinski definition) is 1. The monoisotopic (exact) mass is 369 g/mol. The van der Waals surface area contributed by atoms with Crippen LogP contribution in [0, 0.1) is 0 Å². The van der Waals surface area contributed by atoms with Gasteiger partial charge in [0, 0.05) is 14.1 Å². The Kier molecular flexibility index (Phi) is 4.46. The van der Waals surface area contributed by atoms with Gasteiger partial charge in [0.25, 0.3) is 0 Å². The fourth-order valence-electron chi connectivity index (χ4n) is 3.48. The third-order valence-corrected chi connectivity index (χ3v) is 5.96. The number of thiazole rings is 1. The van der Waals surface area contributed by atoms with Gasteiger partial charge in [0.1, 0.15) is 5.01 Å². The first-order chi connectivity index (χ1) is 12.5. The maximum Gasteiger partial charge on any atom is 0.229 e. The number of para-hydroxylation sites is 1. The Labute approximate surface area is 156 Å². The highest BCUT2D eigenvalue weighted by Crippen LogP contribution is 2.40. The fourth-order valence-corrected chi connectivity index (χ4v) is 4.61. The van der Waals surface area contributed by atoms with Crippen LogP contribution in [-0.4, -0.2) is 45.5 Å². The minimum Gasteiger partial charge on any atom is -0.368 e. The van der Waals surface area contributed by atoms with E-state index in [-0.39, 0.29) is 12.0 Å². The van der Waals surface area contributed by atoms with E-state index in [0.29, 0.717) is 17.8 Å². The molecule has 1 aromatic carbocycles. The Bertz CT molecular complexity index is 890. The van der Waals surface area contributed by atoms with E-state index in [1.54, 1.807) is 11.3 Å². The lowest BCUT2D eigenvalue weighted by Gasteiger charge is -2.28. The van der Waals surface area contributed by atoms with E-state index in [1.165, 1.54) is 9.71 Å². The largest absolute Gasteiger partial charge is 0.368 e. The molecule has 0 spiro atoms. The third-order valence-electron chi connectivity index (χ3n) is 4.82. The number of fused-ring (bicyclic) bond motifs is 1. The second-order valence-corrected chi connectivity index (χ2v) is 7.90. The second-order valence-electron chi connectivity index (χ2n) is 6.84. The number of nitrogens with two attached hydrogens (primary N) is 1. The molecule has 0 amide bonds. The highest BCUT2D eigenvalue weighted by Gasteiger charge is 2.34. The highest BCUT2D eigenvalue weighted by molar-refractivity contribution is 7.18. The van der Waals surface area contributed by atoms with Crippen molar-refractivity contribution < 1.29 is 0 Å². The van der Waals surface area contributed by atoms with Crippen molar-refractivity contribution in [3.63, 3.8) is 0 Å². The summed E-state index contributed by atoms with van der Waals surface area (Å²) in [6, 6.07) is 8.66. The van der Waals surface area contributed by atoms with Gasteiger partial charge < -0.3 is 10.6 Å². The van der Waals surface area contributed by atoms with Crippen molar-refractivity contribution in [3.05, 3.63) is 35.1 Å². The molecule has 7 nitrogen and oxygen atoms in total. The molecular weight excluding hydrogens is 346 g/mol. The van der Waals surface area contributed by atoms with Crippen molar-refractivity contribution >= 4 is 33.5 Å². The van der Waals surface area contributed by atoms with Gasteiger partial charge in [-0.3, -0.25) is 4.90 Å². The molecule has 4 rings (SSSR count). The van der Waals surface area contributed by atoms with Crippen molar-refractivity contribution in [3.8, 4) is 0 Å². The van der Waals surface area contributed by atoms with E-state index in [9.17, 15) is 0 Å². The second kappa shape index (κ2) is 6.77. The zero-order chi connectivity index (χ0) is 18.3. The SMILES string of the molecule is CC(c1nc(N)nc(N(C)C)n1)N1CCCC1c1nc2ccccc2s1. The van der Waals surface area contributed by atoms with Crippen LogP contribution in [0.25, 0.3) is 10.2 Å². The zero-order valence-electron chi connectivity index (χ0n) is 15.3. The number of likely N-dealkylation sites (tertiary alicyclic amines) is 1. The van der Waals surface area contributed by atoms with E-state index in [4.69, 9.17) is 10.7 Å². The Morgan fingerprint density at radius 2 is 2.00 bits per heavy atom. The average molecular weight is 369 g/mol. The van der Waals surface area contributed by atoms with Gasteiger partial charge in [0.05, 0.1) is 22.3 Å². The molecule has 0 aliphatic carbocycles. The normalized spacial score (nSPS) is 19.1. The standard InChI is InChI=1S/C18H23N7S/c1-11(15-21-17(19)23-18(22-15)24(2)3)25-10-6-8-13(25)16-20-12-7-4-5-9-14(12)26-16/h4-5,7,9,11,13H,6,8,10H2,1-3H3,(H2,19,21,22,23). The quantitative estimate of drug-likeness (QED) is 0.756. The number of nitrogens with zero attached hydrogens (tertiary/aromatic N) is 6. The lowest BCUT2D eigenvalue weighted by atomic mass is 10.2. The predicted molar refractivity (Wildman–Crippen MR) is 105 cm³/mol. The summed E-state index contributed by atoms with van der Waals surface area (Å²) < 4.78 is 1.24. The molecule has 2 aromatic heterocycles. The molecular formula is C18H23N7S. The van der Waals surface area contributed by atoms with Crippen LogP contribution in [0.4, 0.5) is 11.9 Å². The molecule has 1 fully saturated rings. The van der Waals surface area contributed by atoms with Gasteiger partial charge in [-0.15, -0.1) is 11.3 Å². The Balaban J connectivity index is 1.65. The van der Waals surface area contributed by atoms with Gasteiger partial charge in [-0.25, -0.2) is 4.98 Å². The van der Waals surface area contributed by atoms with Crippen LogP contribution >= 0.6 is 11.3 Å². The zero-order valence-corrected chi connectivity index (χ0v) is 16.1. The van der Waals surface area contributed by atoms with Gasteiger partial charge in [0.15, 0.2) is 5.82 Å². The Morgan fingerprint density at radius 1 is 1.19 bits per heavy atom. The summed E-state index contributed by atoms with van der Waals surface area (Å²) in [7, 11) is 3.81. The van der Waals surface area contributed by atoms with E-state index in [2.05, 4.69) is 45.0 Å². The Hall–Kier alpha value is -2.32. The number of hydrogen-bond acceptors (Lipinski definition) is 8. The van der Waals surface area contributed by atoms with Gasteiger partial charge in [-0.05, 0) is 38.4 Å². The minimum absolute atomic E-state index is 0.0542. The summed E-state index contributed by atoms with van der Waals surface area (Å²) in [6.45, 7) is 3.14. The highest BCUT2D eigenvalue weighted by atomic mass is 32.1. The number of aromatic nitrogens is 4. The van der Waals surface area contributed by atoms with Crippen LogP contribution in [-0.2, 0) is 0 Å². The van der Waals surface area contributed by atoms with Crippen LogP contribution in [0.1, 0.15) is 42.7 Å². The van der Waals surface area contributed by atoms with E-state index >= 15 is 0 Å². The first-order valence-electron chi connectivity index (χ1n) is 8.83. The molecule has 26 heavy (non-hydrogen) atoms. The number of anilines is 2. The predicted octanol–water partition coefficient (Wildman–Crippen LogP) is 3.03. The first-order valence-corrected chi connectivity index (χ1v) is 9.64. The lowest BCUT2D eigenvalue weighted by molar-refractivity contribution is 0.186. The van der Waals surface area contributed by atoms with Gasteiger partial charge in [-0.1, -0.05) is 12.1 Å². The topological polar surface area (TPSA) is 84.1 Å². The molecule has 2 unspecified atom stereocenters. The third kappa shape index (κ3) is 3.10. The molecule has 8 heteroatoms. The smallest absolute Gasteiger partial charge is 0.229 e. The molecule has 136 valence electrons. The van der Waals surface area contributed by atoms with E-state index < -0.39 is 0 Å². The van der Waals surface area contributed by atoms with Crippen molar-refractivity contribution in [2.45, 2.75) is 31.8 Å². The van der Waals surface area contributed by atoms with Crippen LogP contribution in [0.15, 0.2) is 24.3 Å². The fraction of sp³-hybridized carbons (Fsp3) is 0.444. The molecule has 0 saturated carbocycles. The maximum atomic E-state index is 5.91. The van der Waals surface area contributed by atoms with E-state index in [0.717, 1.165) is 24.9 Å². The molecule has 3 aromatic rings. The van der Waals surface area contributed by atoms with E-state index in [1.807, 2.05) is 25.1 Å². The van der Waals surface area contributed by atoms with Gasteiger partial charge in [-0.2, -0.15) is 15.0 Å². The molecule has 2 N–H and O–H groups in total. The molecule has 1 saturated heterocycles. The summed E-state index contributed by atoms with van der Waals surface area (Å²) in [6.07, 6.45) is 2.25. The molecule has 2 atom stereocenters. The van der Waals surface area contributed by atoms with Crippen LogP contribution in [0.5, 0.6) is 0 Å². The summed E-state index contributed by atoms with van der Waals surface area (Å²) in [5.41, 5.74) is 6.99. The van der Waals surface area contributed by atoms with Crippen LogP contribution < -0.4 is 10.6 Å². The summed E-state index contributed by atoms with van der Waals surface area (Å²) in [5, 5.41) is 1.17. The number of nitrogen functional groups attached to an aromatic ring is 1. The number of benzene rings is 1. The van der Waals surface area contributed by atoms with Crippen molar-refractivity contribution in [1.82, 2.24) is 24.8 Å². The number of rotatable bonds is 4. The molecule has 0 radical (unpaired) electrons. The molecule has 3 heterocycles. The molecule has 1 aliphatic rings. The summed E-state index contributed by atoms with van der Waals surface area (Å²) in [5.74, 6) is 1.57. The summed E-state index contributed by atoms with van der Waals surface area (Å²) in [4.78, 5) is 22.4. The van der Waals surface area contributed by atoms with Gasteiger partial charge >= 0.3 is 0 Å². The Morgan fingerprint density at radius 3 is 2.77 bits per heavy atom. The molecule has 0 bridgehead atoms. The van der Waals surface area contributed by atoms with Crippen LogP contribution in [0.2, 0.25) is 0 Å². The first kappa shape index (κ1) is 17.1. The maximum absolute atomic E-state index is 5.91. The van der Waals surface area contributed by atoms with Gasteiger partial charge in [0.2, 0.25) is 11.9 Å². The van der Waals surface area contributed by atoms with Crippen molar-refractivity contribution in [2.75, 3.05) is 31.3 Å². The summed E-state index contributed by atoms with van der Waals surface area (Å²) >= 11 is 1.78. The average Bonchev–Trinajstić information content (AvgIpc) is 3.26. The lowest BCUT2D eigenvalue weighted by Crippen LogP contribution is -2.29. The molecule has 1 aliphatic heterocycles.